The van der Waals surface area contributed by atoms with Crippen LogP contribution in [0.15, 0.2) is 78.9 Å². The number of para-hydroxylation sites is 3. The lowest BCUT2D eigenvalue weighted by Gasteiger charge is -2.32. The van der Waals surface area contributed by atoms with Crippen molar-refractivity contribution >= 4 is 66.4 Å². The van der Waals surface area contributed by atoms with E-state index in [9.17, 15) is 0 Å². The highest BCUT2D eigenvalue weighted by molar-refractivity contribution is 6.23. The van der Waals surface area contributed by atoms with E-state index in [1.54, 1.807) is 0 Å². The van der Waals surface area contributed by atoms with E-state index >= 15 is 0 Å². The minimum Gasteiger partial charge on any atom is -0.351 e. The standard InChI is InChI=1S/C28H20N4/c1-16-11-12-18-15-20-25-19(14-17-7-3-4-8-21(17)29-25)26-28(27(20)31-23(18)13-16)32(2)24-10-6-5-9-22(24)30-26/h3-15,30H,1-2H3. The molecule has 4 aromatic carbocycles. The molecule has 1 aliphatic rings. The SMILES string of the molecule is Cc1ccc2cc3c(nc2c1)c1c(c2cc4ccccc4nc23)Nc2ccccc2N1C. The fourth-order valence-electron chi connectivity index (χ4n) is 4.98. The van der Waals surface area contributed by atoms with Gasteiger partial charge in [-0.05, 0) is 48.9 Å². The molecular weight excluding hydrogens is 392 g/mol. The van der Waals surface area contributed by atoms with Gasteiger partial charge in [0.15, 0.2) is 0 Å². The van der Waals surface area contributed by atoms with Crippen molar-refractivity contribution in [3.8, 4) is 0 Å². The average Bonchev–Trinajstić information content (AvgIpc) is 2.82. The van der Waals surface area contributed by atoms with Gasteiger partial charge in [-0.3, -0.25) is 0 Å². The fraction of sp³-hybridized carbons (Fsp3) is 0.0714. The zero-order valence-corrected chi connectivity index (χ0v) is 17.8. The van der Waals surface area contributed by atoms with Gasteiger partial charge in [0.1, 0.15) is 0 Å². The maximum atomic E-state index is 5.18. The Bertz CT molecular complexity index is 1740. The number of pyridine rings is 2. The molecule has 0 atom stereocenters. The number of hydrogen-bond donors (Lipinski definition) is 1. The predicted octanol–water partition coefficient (Wildman–Crippen LogP) is 7.22. The average molecular weight is 412 g/mol. The topological polar surface area (TPSA) is 41.1 Å². The van der Waals surface area contributed by atoms with Gasteiger partial charge in [-0.1, -0.05) is 42.5 Å². The minimum atomic E-state index is 0.970. The Balaban J connectivity index is 1.71. The molecule has 3 heterocycles. The van der Waals surface area contributed by atoms with Crippen molar-refractivity contribution in [3.63, 3.8) is 0 Å². The van der Waals surface area contributed by atoms with Crippen molar-refractivity contribution < 1.29 is 0 Å². The van der Waals surface area contributed by atoms with Gasteiger partial charge in [0.2, 0.25) is 0 Å². The summed E-state index contributed by atoms with van der Waals surface area (Å²) in [6.45, 7) is 2.11. The van der Waals surface area contributed by atoms with E-state index in [-0.39, 0.29) is 0 Å². The van der Waals surface area contributed by atoms with E-state index in [2.05, 4.69) is 97.0 Å². The van der Waals surface area contributed by atoms with Gasteiger partial charge in [0.05, 0.1) is 44.8 Å². The quantitative estimate of drug-likeness (QED) is 0.211. The first-order valence-electron chi connectivity index (χ1n) is 10.8. The number of nitrogens with one attached hydrogen (secondary N) is 1. The second kappa shape index (κ2) is 6.17. The van der Waals surface area contributed by atoms with Crippen molar-refractivity contribution in [3.05, 3.63) is 84.4 Å². The third-order valence-corrected chi connectivity index (χ3v) is 6.54. The van der Waals surface area contributed by atoms with Crippen LogP contribution in [0.5, 0.6) is 0 Å². The Kier molecular flexibility index (Phi) is 3.37. The third kappa shape index (κ3) is 2.32. The van der Waals surface area contributed by atoms with Crippen molar-refractivity contribution in [1.29, 1.82) is 0 Å². The lowest BCUT2D eigenvalue weighted by molar-refractivity contribution is 1.19. The Morgan fingerprint density at radius 2 is 1.47 bits per heavy atom. The molecule has 32 heavy (non-hydrogen) atoms. The van der Waals surface area contributed by atoms with Crippen molar-refractivity contribution in [2.75, 3.05) is 17.3 Å². The Labute approximate surface area is 185 Å². The summed E-state index contributed by atoms with van der Waals surface area (Å²) in [4.78, 5) is 12.6. The molecule has 1 N–H and O–H groups in total. The lowest BCUT2D eigenvalue weighted by Crippen LogP contribution is -2.18. The highest BCUT2D eigenvalue weighted by Crippen LogP contribution is 2.50. The summed E-state index contributed by atoms with van der Waals surface area (Å²) in [5, 5.41) is 8.16. The molecule has 1 aliphatic heterocycles. The van der Waals surface area contributed by atoms with Gasteiger partial charge in [-0.25, -0.2) is 9.97 Å². The summed E-state index contributed by atoms with van der Waals surface area (Å²) in [6, 6.07) is 27.7. The largest absolute Gasteiger partial charge is 0.351 e. The first-order chi connectivity index (χ1) is 15.7. The van der Waals surface area contributed by atoms with Crippen LogP contribution in [0.4, 0.5) is 22.7 Å². The van der Waals surface area contributed by atoms with Crippen LogP contribution in [0.25, 0.3) is 43.6 Å². The van der Waals surface area contributed by atoms with Crippen LogP contribution in [0.3, 0.4) is 0 Å². The van der Waals surface area contributed by atoms with Gasteiger partial charge in [-0.15, -0.1) is 0 Å². The minimum absolute atomic E-state index is 0.970. The van der Waals surface area contributed by atoms with Gasteiger partial charge >= 0.3 is 0 Å². The molecule has 152 valence electrons. The van der Waals surface area contributed by atoms with Crippen molar-refractivity contribution in [1.82, 2.24) is 9.97 Å². The second-order valence-corrected chi connectivity index (χ2v) is 8.58. The third-order valence-electron chi connectivity index (χ3n) is 6.54. The first-order valence-corrected chi connectivity index (χ1v) is 10.8. The smallest absolute Gasteiger partial charge is 0.0990 e. The van der Waals surface area contributed by atoms with E-state index < -0.39 is 0 Å². The summed E-state index contributed by atoms with van der Waals surface area (Å²) < 4.78 is 0. The molecule has 0 aliphatic carbocycles. The van der Waals surface area contributed by atoms with E-state index in [4.69, 9.17) is 9.97 Å². The number of anilines is 4. The highest BCUT2D eigenvalue weighted by atomic mass is 15.2. The van der Waals surface area contributed by atoms with Crippen molar-refractivity contribution in [2.24, 2.45) is 0 Å². The van der Waals surface area contributed by atoms with Gasteiger partial charge < -0.3 is 10.2 Å². The molecule has 4 heteroatoms. The molecule has 7 rings (SSSR count). The molecular formula is C28H20N4. The summed E-state index contributed by atoms with van der Waals surface area (Å²) in [5.41, 5.74) is 9.54. The van der Waals surface area contributed by atoms with E-state index in [0.29, 0.717) is 0 Å². The van der Waals surface area contributed by atoms with E-state index in [1.165, 1.54) is 5.56 Å². The van der Waals surface area contributed by atoms with Crippen LogP contribution in [-0.2, 0) is 0 Å². The molecule has 0 fully saturated rings. The summed E-state index contributed by atoms with van der Waals surface area (Å²) in [7, 11) is 2.13. The number of rotatable bonds is 0. The molecule has 6 aromatic rings. The fourth-order valence-corrected chi connectivity index (χ4v) is 4.98. The van der Waals surface area contributed by atoms with Crippen LogP contribution >= 0.6 is 0 Å². The van der Waals surface area contributed by atoms with Crippen LogP contribution in [0.1, 0.15) is 5.56 Å². The normalized spacial score (nSPS) is 12.9. The molecule has 2 aromatic heterocycles. The van der Waals surface area contributed by atoms with Crippen LogP contribution in [-0.4, -0.2) is 17.0 Å². The molecule has 0 spiro atoms. The number of benzene rings is 4. The number of aromatic nitrogens is 2. The molecule has 0 saturated heterocycles. The maximum absolute atomic E-state index is 5.18. The second-order valence-electron chi connectivity index (χ2n) is 8.58. The van der Waals surface area contributed by atoms with E-state index in [1.807, 2.05) is 6.07 Å². The molecule has 4 nitrogen and oxygen atoms in total. The Morgan fingerprint density at radius 3 is 2.41 bits per heavy atom. The summed E-state index contributed by atoms with van der Waals surface area (Å²) in [5.74, 6) is 0. The highest BCUT2D eigenvalue weighted by Gasteiger charge is 2.26. The van der Waals surface area contributed by atoms with Crippen LogP contribution < -0.4 is 10.2 Å². The maximum Gasteiger partial charge on any atom is 0.0990 e. The predicted molar refractivity (Wildman–Crippen MR) is 135 cm³/mol. The van der Waals surface area contributed by atoms with Crippen molar-refractivity contribution in [2.45, 2.75) is 6.92 Å². The number of hydrogen-bond acceptors (Lipinski definition) is 4. The van der Waals surface area contributed by atoms with Gasteiger partial charge in [0.25, 0.3) is 0 Å². The monoisotopic (exact) mass is 412 g/mol. The zero-order valence-electron chi connectivity index (χ0n) is 17.8. The first kappa shape index (κ1) is 17.5. The van der Waals surface area contributed by atoms with Gasteiger partial charge in [0, 0.05) is 28.6 Å². The molecule has 0 amide bonds. The lowest BCUT2D eigenvalue weighted by atomic mass is 9.99. The zero-order chi connectivity index (χ0) is 21.4. The molecule has 0 saturated carbocycles. The number of aryl methyl sites for hydroxylation is 1. The summed E-state index contributed by atoms with van der Waals surface area (Å²) in [6.07, 6.45) is 0. The molecule has 0 bridgehead atoms. The van der Waals surface area contributed by atoms with Crippen LogP contribution in [0, 0.1) is 6.92 Å². The number of nitrogens with zero attached hydrogens (tertiary/aromatic N) is 3. The Morgan fingerprint density at radius 1 is 0.719 bits per heavy atom. The molecule has 0 unspecified atom stereocenters. The number of fused-ring (bicyclic) bond motifs is 9. The van der Waals surface area contributed by atoms with Gasteiger partial charge in [-0.2, -0.15) is 0 Å². The van der Waals surface area contributed by atoms with Crippen LogP contribution in [0.2, 0.25) is 0 Å². The Hall–Kier alpha value is -4.18. The van der Waals surface area contributed by atoms with E-state index in [0.717, 1.165) is 66.4 Å². The summed E-state index contributed by atoms with van der Waals surface area (Å²) >= 11 is 0. The molecule has 0 radical (unpaired) electrons.